The lowest BCUT2D eigenvalue weighted by Crippen LogP contribution is -2.12. The monoisotopic (exact) mass is 278 g/mol. The van der Waals surface area contributed by atoms with Crippen LogP contribution in [0.2, 0.25) is 0 Å². The second kappa shape index (κ2) is 6.38. The van der Waals surface area contributed by atoms with Crippen molar-refractivity contribution < 1.29 is 13.9 Å². The highest BCUT2D eigenvalue weighted by atomic mass is 19.1. The lowest BCUT2D eigenvalue weighted by atomic mass is 9.90. The molecule has 1 aromatic rings. The molecule has 0 bridgehead atoms. The molecular weight excluding hydrogens is 259 g/mol. The van der Waals surface area contributed by atoms with Crippen molar-refractivity contribution in [1.29, 1.82) is 5.26 Å². The van der Waals surface area contributed by atoms with Crippen LogP contribution in [0, 0.1) is 29.5 Å². The van der Waals surface area contributed by atoms with E-state index in [1.54, 1.807) is 6.92 Å². The molecule has 0 heterocycles. The quantitative estimate of drug-likeness (QED) is 0.510. The lowest BCUT2D eigenvalue weighted by molar-refractivity contribution is 0.0490. The molecule has 0 aliphatic rings. The molecule has 0 aliphatic carbocycles. The van der Waals surface area contributed by atoms with E-state index in [1.807, 2.05) is 13.8 Å². The first kappa shape index (κ1) is 16.0. The summed E-state index contributed by atoms with van der Waals surface area (Å²) in [6, 6.07) is 4.70. The smallest absolute Gasteiger partial charge is 0.338 e. The maximum atomic E-state index is 13.5. The minimum absolute atomic E-state index is 0.102. The zero-order valence-corrected chi connectivity index (χ0v) is 12.0. The fraction of sp³-hybridized carbons (Fsp3) is 0.467. The van der Waals surface area contributed by atoms with Gasteiger partial charge in [0.2, 0.25) is 0 Å². The van der Waals surface area contributed by atoms with Crippen LogP contribution in [0.25, 0.3) is 0 Å². The number of nitrogen functional groups attached to an aromatic ring is 1. The van der Waals surface area contributed by atoms with E-state index in [0.29, 0.717) is 18.4 Å². The molecule has 0 radical (unpaired) electrons. The Balaban J connectivity index is 2.55. The van der Waals surface area contributed by atoms with Crippen molar-refractivity contribution in [3.05, 3.63) is 29.1 Å². The molecule has 0 amide bonds. The van der Waals surface area contributed by atoms with Crippen molar-refractivity contribution in [2.75, 3.05) is 12.3 Å². The van der Waals surface area contributed by atoms with Gasteiger partial charge in [0.05, 0.1) is 23.7 Å². The third-order valence-corrected chi connectivity index (χ3v) is 3.10. The zero-order chi connectivity index (χ0) is 15.3. The molecule has 1 aromatic carbocycles. The van der Waals surface area contributed by atoms with E-state index >= 15 is 0 Å². The number of hydrogen-bond acceptors (Lipinski definition) is 4. The highest BCUT2D eigenvalue weighted by Crippen LogP contribution is 2.21. The van der Waals surface area contributed by atoms with Crippen LogP contribution in [0.5, 0.6) is 0 Å². The zero-order valence-electron chi connectivity index (χ0n) is 12.0. The van der Waals surface area contributed by atoms with Crippen LogP contribution in [-0.4, -0.2) is 12.6 Å². The van der Waals surface area contributed by atoms with Gasteiger partial charge in [0, 0.05) is 11.3 Å². The van der Waals surface area contributed by atoms with Crippen LogP contribution in [0.1, 0.15) is 42.6 Å². The minimum Gasteiger partial charge on any atom is -0.462 e. The molecule has 20 heavy (non-hydrogen) atoms. The van der Waals surface area contributed by atoms with Crippen LogP contribution in [-0.2, 0) is 4.74 Å². The Morgan fingerprint density at radius 2 is 2.15 bits per heavy atom. The molecule has 0 fully saturated rings. The Kier molecular flexibility index (Phi) is 5.09. The predicted octanol–water partition coefficient (Wildman–Crippen LogP) is 3.20. The summed E-state index contributed by atoms with van der Waals surface area (Å²) in [7, 11) is 0. The van der Waals surface area contributed by atoms with E-state index in [4.69, 9.17) is 15.7 Å². The summed E-state index contributed by atoms with van der Waals surface area (Å²) < 4.78 is 18.5. The summed E-state index contributed by atoms with van der Waals surface area (Å²) in [6.07, 6.45) is 1.21. The number of benzene rings is 1. The van der Waals surface area contributed by atoms with Crippen LogP contribution in [0.3, 0.4) is 0 Å². The molecule has 0 spiro atoms. The standard InChI is InChI=1S/C15H19FN2O2/c1-10-12(16)7-11(8-13(10)18)14(19)20-6-4-5-15(2,3)9-17/h7-8H,4-6,18H2,1-3H3. The van der Waals surface area contributed by atoms with Crippen molar-refractivity contribution in [2.45, 2.75) is 33.6 Å². The lowest BCUT2D eigenvalue weighted by Gasteiger charge is -2.14. The van der Waals surface area contributed by atoms with Crippen LogP contribution in [0.4, 0.5) is 10.1 Å². The summed E-state index contributed by atoms with van der Waals surface area (Å²) in [5.41, 5.74) is 5.81. The number of halogens is 1. The number of rotatable bonds is 5. The second-order valence-corrected chi connectivity index (χ2v) is 5.41. The number of nitrogens with zero attached hydrogens (tertiary/aromatic N) is 1. The van der Waals surface area contributed by atoms with Crippen LogP contribution < -0.4 is 5.73 Å². The maximum Gasteiger partial charge on any atom is 0.338 e. The molecule has 5 heteroatoms. The van der Waals surface area contributed by atoms with Gasteiger partial charge in [0.25, 0.3) is 0 Å². The van der Waals surface area contributed by atoms with E-state index in [9.17, 15) is 9.18 Å². The van der Waals surface area contributed by atoms with Crippen molar-refractivity contribution in [2.24, 2.45) is 5.41 Å². The largest absolute Gasteiger partial charge is 0.462 e. The van der Waals surface area contributed by atoms with Crippen LogP contribution >= 0.6 is 0 Å². The maximum absolute atomic E-state index is 13.5. The number of nitriles is 1. The van der Waals surface area contributed by atoms with Gasteiger partial charge < -0.3 is 10.5 Å². The number of nitrogens with two attached hydrogens (primary N) is 1. The Morgan fingerprint density at radius 3 is 2.70 bits per heavy atom. The Bertz CT molecular complexity index is 524. The molecule has 108 valence electrons. The summed E-state index contributed by atoms with van der Waals surface area (Å²) in [6.45, 7) is 5.39. The number of carbonyl (C=O) groups excluding carboxylic acids is 1. The third kappa shape index (κ3) is 4.23. The molecule has 4 nitrogen and oxygen atoms in total. The molecule has 2 N–H and O–H groups in total. The summed E-state index contributed by atoms with van der Waals surface area (Å²) in [5.74, 6) is -1.13. The molecule has 1 rings (SSSR count). The number of hydrogen-bond donors (Lipinski definition) is 1. The van der Waals surface area contributed by atoms with Gasteiger partial charge in [0.1, 0.15) is 5.82 Å². The minimum atomic E-state index is -0.606. The first-order chi connectivity index (χ1) is 9.26. The topological polar surface area (TPSA) is 76.1 Å². The van der Waals surface area contributed by atoms with Crippen molar-refractivity contribution in [3.8, 4) is 6.07 Å². The van der Waals surface area contributed by atoms with E-state index in [-0.39, 0.29) is 17.9 Å². The molecule has 0 unspecified atom stereocenters. The molecule has 0 aromatic heterocycles. The van der Waals surface area contributed by atoms with E-state index in [2.05, 4.69) is 6.07 Å². The number of esters is 1. The highest BCUT2D eigenvalue weighted by molar-refractivity contribution is 5.90. The average Bonchev–Trinajstić information content (AvgIpc) is 2.40. The van der Waals surface area contributed by atoms with Gasteiger partial charge in [-0.1, -0.05) is 0 Å². The van der Waals surface area contributed by atoms with Gasteiger partial charge in [-0.05, 0) is 45.7 Å². The molecular formula is C15H19FN2O2. The third-order valence-electron chi connectivity index (χ3n) is 3.10. The summed E-state index contributed by atoms with van der Waals surface area (Å²) in [4.78, 5) is 11.7. The summed E-state index contributed by atoms with van der Waals surface area (Å²) >= 11 is 0. The highest BCUT2D eigenvalue weighted by Gasteiger charge is 2.17. The van der Waals surface area contributed by atoms with Crippen molar-refractivity contribution in [3.63, 3.8) is 0 Å². The number of ether oxygens (including phenoxy) is 1. The van der Waals surface area contributed by atoms with Gasteiger partial charge in [-0.15, -0.1) is 0 Å². The van der Waals surface area contributed by atoms with E-state index in [0.717, 1.165) is 6.07 Å². The van der Waals surface area contributed by atoms with Gasteiger partial charge in [-0.2, -0.15) is 5.26 Å². The first-order valence-electron chi connectivity index (χ1n) is 6.41. The van der Waals surface area contributed by atoms with Gasteiger partial charge in [0.15, 0.2) is 0 Å². The van der Waals surface area contributed by atoms with Gasteiger partial charge in [-0.3, -0.25) is 0 Å². The Hall–Kier alpha value is -2.09. The molecule has 0 saturated carbocycles. The van der Waals surface area contributed by atoms with Crippen LogP contribution in [0.15, 0.2) is 12.1 Å². The van der Waals surface area contributed by atoms with E-state index in [1.165, 1.54) is 6.07 Å². The second-order valence-electron chi connectivity index (χ2n) is 5.41. The Morgan fingerprint density at radius 1 is 1.50 bits per heavy atom. The van der Waals surface area contributed by atoms with E-state index < -0.39 is 17.2 Å². The fourth-order valence-corrected chi connectivity index (χ4v) is 1.64. The number of carbonyl (C=O) groups is 1. The fourth-order valence-electron chi connectivity index (χ4n) is 1.64. The average molecular weight is 278 g/mol. The molecule has 0 atom stereocenters. The predicted molar refractivity (Wildman–Crippen MR) is 74.5 cm³/mol. The molecule has 0 aliphatic heterocycles. The van der Waals surface area contributed by atoms with Crippen molar-refractivity contribution >= 4 is 11.7 Å². The van der Waals surface area contributed by atoms with Gasteiger partial charge >= 0.3 is 5.97 Å². The summed E-state index contributed by atoms with van der Waals surface area (Å²) in [5, 5.41) is 8.85. The SMILES string of the molecule is Cc1c(N)cc(C(=O)OCCCC(C)(C)C#N)cc1F. The molecule has 0 saturated heterocycles. The van der Waals surface area contributed by atoms with Gasteiger partial charge in [-0.25, -0.2) is 9.18 Å². The Labute approximate surface area is 118 Å². The first-order valence-corrected chi connectivity index (χ1v) is 6.41. The van der Waals surface area contributed by atoms with Crippen molar-refractivity contribution in [1.82, 2.24) is 0 Å². The number of anilines is 1. The normalized spacial score (nSPS) is 10.9.